The van der Waals surface area contributed by atoms with Crippen molar-refractivity contribution in [1.29, 1.82) is 0 Å². The first kappa shape index (κ1) is 15.7. The lowest BCUT2D eigenvalue weighted by molar-refractivity contribution is 0.608. The van der Waals surface area contributed by atoms with E-state index in [0.29, 0.717) is 6.04 Å². The quantitative estimate of drug-likeness (QED) is 0.587. The van der Waals surface area contributed by atoms with E-state index in [-0.39, 0.29) is 0 Å². The molecule has 0 aliphatic heterocycles. The molecule has 1 aliphatic rings. The van der Waals surface area contributed by atoms with Gasteiger partial charge >= 0.3 is 0 Å². The van der Waals surface area contributed by atoms with E-state index in [4.69, 9.17) is 0 Å². The van der Waals surface area contributed by atoms with Crippen LogP contribution in [0.25, 0.3) is 0 Å². The zero-order chi connectivity index (χ0) is 14.2. The maximum atomic E-state index is 3.68. The molecule has 1 atom stereocenters. The lowest BCUT2D eigenvalue weighted by Crippen LogP contribution is -2.33. The molecule has 1 aromatic carbocycles. The Kier molecular flexibility index (Phi) is 6.68. The molecular formula is C18H27NS. The summed E-state index contributed by atoms with van der Waals surface area (Å²) in [7, 11) is 0. The van der Waals surface area contributed by atoms with Crippen LogP contribution in [0.15, 0.2) is 40.8 Å². The standard InChI is InChI=1S/C18H27NS/c1-3-19-17(16-11-6-4-5-7-12-16)14-20-18-13-9-8-10-15(18)2/h8-11,13,17,19H,3-7,12,14H2,1-2H3. The highest BCUT2D eigenvalue weighted by atomic mass is 32.2. The maximum Gasteiger partial charge on any atom is 0.0374 e. The first-order valence-electron chi connectivity index (χ1n) is 7.92. The van der Waals surface area contributed by atoms with Crippen LogP contribution in [-0.2, 0) is 0 Å². The minimum atomic E-state index is 0.544. The van der Waals surface area contributed by atoms with Crippen molar-refractivity contribution in [1.82, 2.24) is 5.32 Å². The van der Waals surface area contributed by atoms with Crippen LogP contribution in [0.5, 0.6) is 0 Å². The van der Waals surface area contributed by atoms with E-state index in [2.05, 4.69) is 49.5 Å². The monoisotopic (exact) mass is 289 g/mol. The van der Waals surface area contributed by atoms with E-state index < -0.39 is 0 Å². The Morgan fingerprint density at radius 3 is 2.85 bits per heavy atom. The predicted octanol–water partition coefficient (Wildman–Crippen LogP) is 4.96. The Morgan fingerprint density at radius 1 is 1.20 bits per heavy atom. The molecule has 0 heterocycles. The smallest absolute Gasteiger partial charge is 0.0374 e. The van der Waals surface area contributed by atoms with Crippen LogP contribution < -0.4 is 5.32 Å². The lowest BCUT2D eigenvalue weighted by atomic mass is 10.0. The molecule has 0 aromatic heterocycles. The fourth-order valence-corrected chi connectivity index (χ4v) is 3.94. The zero-order valence-electron chi connectivity index (χ0n) is 12.8. The lowest BCUT2D eigenvalue weighted by Gasteiger charge is -2.21. The predicted molar refractivity (Wildman–Crippen MR) is 90.5 cm³/mol. The largest absolute Gasteiger partial charge is 0.310 e. The van der Waals surface area contributed by atoms with E-state index in [0.717, 1.165) is 12.3 Å². The third-order valence-electron chi connectivity index (χ3n) is 3.97. The van der Waals surface area contributed by atoms with E-state index in [1.165, 1.54) is 42.6 Å². The minimum absolute atomic E-state index is 0.544. The first-order chi connectivity index (χ1) is 9.81. The molecule has 1 unspecified atom stereocenters. The molecule has 0 saturated carbocycles. The molecule has 2 rings (SSSR count). The summed E-state index contributed by atoms with van der Waals surface area (Å²) in [6.07, 6.45) is 9.18. The van der Waals surface area contributed by atoms with E-state index in [9.17, 15) is 0 Å². The number of benzene rings is 1. The van der Waals surface area contributed by atoms with Crippen molar-refractivity contribution in [2.75, 3.05) is 12.3 Å². The molecule has 0 saturated heterocycles. The van der Waals surface area contributed by atoms with Crippen LogP contribution in [0.2, 0.25) is 0 Å². The molecule has 0 bridgehead atoms. The van der Waals surface area contributed by atoms with Gasteiger partial charge in [-0.3, -0.25) is 0 Å². The number of allylic oxidation sites excluding steroid dienone is 1. The van der Waals surface area contributed by atoms with Gasteiger partial charge < -0.3 is 5.32 Å². The maximum absolute atomic E-state index is 3.68. The molecule has 0 fully saturated rings. The second-order valence-corrected chi connectivity index (χ2v) is 6.63. The summed E-state index contributed by atoms with van der Waals surface area (Å²) in [6, 6.07) is 9.25. The Labute approximate surface area is 128 Å². The van der Waals surface area contributed by atoms with Gasteiger partial charge in [-0.05, 0) is 50.8 Å². The fourth-order valence-electron chi connectivity index (χ4n) is 2.79. The van der Waals surface area contributed by atoms with Gasteiger partial charge in [0.15, 0.2) is 0 Å². The number of aryl methyl sites for hydroxylation is 1. The average molecular weight is 289 g/mol. The SMILES string of the molecule is CCNC(CSc1ccccc1C)C1=CCCCCC1. The van der Waals surface area contributed by atoms with Crippen LogP contribution in [0.3, 0.4) is 0 Å². The van der Waals surface area contributed by atoms with Crippen LogP contribution >= 0.6 is 11.8 Å². The molecule has 1 aliphatic carbocycles. The number of hydrogen-bond acceptors (Lipinski definition) is 2. The van der Waals surface area contributed by atoms with Crippen molar-refractivity contribution in [3.05, 3.63) is 41.5 Å². The zero-order valence-corrected chi connectivity index (χ0v) is 13.6. The average Bonchev–Trinajstić information content (AvgIpc) is 2.74. The van der Waals surface area contributed by atoms with Gasteiger partial charge in [0.1, 0.15) is 0 Å². The number of rotatable bonds is 6. The van der Waals surface area contributed by atoms with Gasteiger partial charge in [-0.1, -0.05) is 43.2 Å². The van der Waals surface area contributed by atoms with Gasteiger partial charge in [0, 0.05) is 16.7 Å². The third-order valence-corrected chi connectivity index (χ3v) is 5.24. The molecule has 20 heavy (non-hydrogen) atoms. The molecule has 110 valence electrons. The minimum Gasteiger partial charge on any atom is -0.310 e. The summed E-state index contributed by atoms with van der Waals surface area (Å²) in [5, 5.41) is 3.68. The Bertz CT molecular complexity index is 439. The van der Waals surface area contributed by atoms with Crippen LogP contribution in [-0.4, -0.2) is 18.3 Å². The number of thioether (sulfide) groups is 1. The molecule has 1 nitrogen and oxygen atoms in total. The van der Waals surface area contributed by atoms with E-state index >= 15 is 0 Å². The molecule has 1 N–H and O–H groups in total. The highest BCUT2D eigenvalue weighted by Gasteiger charge is 2.15. The van der Waals surface area contributed by atoms with Crippen molar-refractivity contribution in [3.8, 4) is 0 Å². The number of hydrogen-bond donors (Lipinski definition) is 1. The summed E-state index contributed by atoms with van der Waals surface area (Å²) in [5.41, 5.74) is 3.04. The first-order valence-corrected chi connectivity index (χ1v) is 8.90. The Hall–Kier alpha value is -0.730. The van der Waals surface area contributed by atoms with Crippen LogP contribution in [0.1, 0.15) is 44.6 Å². The van der Waals surface area contributed by atoms with Gasteiger partial charge in [0.05, 0.1) is 0 Å². The topological polar surface area (TPSA) is 12.0 Å². The summed E-state index contributed by atoms with van der Waals surface area (Å²) < 4.78 is 0. The molecular weight excluding hydrogens is 262 g/mol. The second kappa shape index (κ2) is 8.53. The van der Waals surface area contributed by atoms with Crippen LogP contribution in [0.4, 0.5) is 0 Å². The highest BCUT2D eigenvalue weighted by molar-refractivity contribution is 7.99. The molecule has 0 radical (unpaired) electrons. The van der Waals surface area contributed by atoms with Crippen molar-refractivity contribution >= 4 is 11.8 Å². The fraction of sp³-hybridized carbons (Fsp3) is 0.556. The normalized spacial score (nSPS) is 17.4. The van der Waals surface area contributed by atoms with Gasteiger partial charge in [0.25, 0.3) is 0 Å². The molecule has 1 aromatic rings. The van der Waals surface area contributed by atoms with Crippen LogP contribution in [0, 0.1) is 6.92 Å². The van der Waals surface area contributed by atoms with Crippen molar-refractivity contribution in [2.24, 2.45) is 0 Å². The third kappa shape index (κ3) is 4.68. The highest BCUT2D eigenvalue weighted by Crippen LogP contribution is 2.27. The molecule has 2 heteroatoms. The summed E-state index contributed by atoms with van der Waals surface area (Å²) in [4.78, 5) is 1.42. The van der Waals surface area contributed by atoms with Crippen molar-refractivity contribution < 1.29 is 0 Å². The van der Waals surface area contributed by atoms with Crippen molar-refractivity contribution in [3.63, 3.8) is 0 Å². The molecule has 0 amide bonds. The Morgan fingerprint density at radius 2 is 2.05 bits per heavy atom. The van der Waals surface area contributed by atoms with Crippen molar-refractivity contribution in [2.45, 2.75) is 56.9 Å². The van der Waals surface area contributed by atoms with Gasteiger partial charge in [-0.2, -0.15) is 0 Å². The Balaban J connectivity index is 1.98. The van der Waals surface area contributed by atoms with Gasteiger partial charge in [0.2, 0.25) is 0 Å². The summed E-state index contributed by atoms with van der Waals surface area (Å²) >= 11 is 1.99. The number of nitrogens with one attached hydrogen (secondary N) is 1. The molecule has 0 spiro atoms. The van der Waals surface area contributed by atoms with E-state index in [1.807, 2.05) is 11.8 Å². The summed E-state index contributed by atoms with van der Waals surface area (Å²) in [6.45, 7) is 5.47. The second-order valence-electron chi connectivity index (χ2n) is 5.57. The number of likely N-dealkylation sites (N-methyl/N-ethyl adjacent to an activating group) is 1. The van der Waals surface area contributed by atoms with Gasteiger partial charge in [-0.15, -0.1) is 11.8 Å². The van der Waals surface area contributed by atoms with E-state index in [1.54, 1.807) is 5.57 Å². The summed E-state index contributed by atoms with van der Waals surface area (Å²) in [5.74, 6) is 1.14. The van der Waals surface area contributed by atoms with Gasteiger partial charge in [-0.25, -0.2) is 0 Å².